The fourth-order valence-electron chi connectivity index (χ4n) is 3.91. The fraction of sp³-hybridized carbons (Fsp3) is 0.333. The molecule has 1 aromatic heterocycles. The molecule has 2 aliphatic rings. The zero-order valence-corrected chi connectivity index (χ0v) is 17.0. The van der Waals surface area contributed by atoms with Crippen LogP contribution < -0.4 is 5.32 Å². The van der Waals surface area contributed by atoms with Gasteiger partial charge in [-0.15, -0.1) is 11.3 Å². The molecule has 1 unspecified atom stereocenters. The van der Waals surface area contributed by atoms with Crippen molar-refractivity contribution in [1.82, 2.24) is 5.32 Å². The van der Waals surface area contributed by atoms with E-state index >= 15 is 0 Å². The summed E-state index contributed by atoms with van der Waals surface area (Å²) in [5.41, 5.74) is 3.80. The first-order valence-corrected chi connectivity index (χ1v) is 10.2. The molecule has 4 rings (SSSR count). The Morgan fingerprint density at radius 2 is 2.00 bits per heavy atom. The number of Topliss-reactive ketones (excluding diaryl/α,β-unsaturated/α-hetero) is 1. The number of allylic oxidation sites excluding steroid dienone is 3. The SMILES string of the molecule is COC(=O)C1=C(C2CC2)NC(C)=C(C(C)=O)C1c1csc2ccc(Cl)cc12. The van der Waals surface area contributed by atoms with Crippen LogP contribution in [0.15, 0.2) is 46.1 Å². The second-order valence-electron chi connectivity index (χ2n) is 7.08. The molecule has 1 atom stereocenters. The Hall–Kier alpha value is -2.11. The average Bonchev–Trinajstić information content (AvgIpc) is 3.40. The van der Waals surface area contributed by atoms with Gasteiger partial charge in [-0.05, 0) is 67.1 Å². The lowest BCUT2D eigenvalue weighted by molar-refractivity contribution is -0.136. The number of nitrogens with one attached hydrogen (secondary N) is 1. The highest BCUT2D eigenvalue weighted by Gasteiger charge is 2.42. The predicted molar refractivity (Wildman–Crippen MR) is 108 cm³/mol. The van der Waals surface area contributed by atoms with E-state index in [9.17, 15) is 9.59 Å². The Kier molecular flexibility index (Phi) is 4.60. The monoisotopic (exact) mass is 401 g/mol. The minimum atomic E-state index is -0.445. The molecule has 2 aromatic rings. The van der Waals surface area contributed by atoms with Crippen LogP contribution in [0.5, 0.6) is 0 Å². The van der Waals surface area contributed by atoms with Gasteiger partial charge < -0.3 is 10.1 Å². The number of halogens is 1. The normalized spacial score (nSPS) is 20.1. The number of esters is 1. The molecule has 6 heteroatoms. The number of benzene rings is 1. The summed E-state index contributed by atoms with van der Waals surface area (Å²) in [5, 5.41) is 6.98. The maximum absolute atomic E-state index is 12.8. The van der Waals surface area contributed by atoms with Crippen molar-refractivity contribution >= 4 is 44.8 Å². The maximum Gasteiger partial charge on any atom is 0.336 e. The number of carbonyl (C=O) groups excluding carboxylic acids is 2. The molecular weight excluding hydrogens is 382 g/mol. The van der Waals surface area contributed by atoms with Crippen molar-refractivity contribution in [1.29, 1.82) is 0 Å². The molecular formula is C21H20ClNO3S. The summed E-state index contributed by atoms with van der Waals surface area (Å²) in [7, 11) is 1.39. The second kappa shape index (κ2) is 6.80. The minimum absolute atomic E-state index is 0.0531. The minimum Gasteiger partial charge on any atom is -0.466 e. The summed E-state index contributed by atoms with van der Waals surface area (Å²) in [6.45, 7) is 3.45. The summed E-state index contributed by atoms with van der Waals surface area (Å²) >= 11 is 7.83. The third kappa shape index (κ3) is 3.09. The van der Waals surface area contributed by atoms with Crippen molar-refractivity contribution in [2.75, 3.05) is 7.11 Å². The summed E-state index contributed by atoms with van der Waals surface area (Å²) in [6, 6.07) is 5.73. The lowest BCUT2D eigenvalue weighted by Crippen LogP contribution is -2.32. The van der Waals surface area contributed by atoms with Gasteiger partial charge in [0.05, 0.1) is 12.7 Å². The average molecular weight is 402 g/mol. The number of rotatable bonds is 4. The van der Waals surface area contributed by atoms with Gasteiger partial charge in [-0.25, -0.2) is 4.79 Å². The van der Waals surface area contributed by atoms with Crippen LogP contribution in [0.4, 0.5) is 0 Å². The molecule has 1 aliphatic carbocycles. The van der Waals surface area contributed by atoms with Crippen LogP contribution in [-0.4, -0.2) is 18.9 Å². The molecule has 0 radical (unpaired) electrons. The number of ketones is 1. The van der Waals surface area contributed by atoms with Gasteiger partial charge in [0.1, 0.15) is 0 Å². The van der Waals surface area contributed by atoms with Crippen LogP contribution >= 0.6 is 22.9 Å². The first-order valence-electron chi connectivity index (χ1n) is 8.90. The van der Waals surface area contributed by atoms with E-state index in [1.807, 2.05) is 30.5 Å². The van der Waals surface area contributed by atoms with Gasteiger partial charge in [0, 0.05) is 32.6 Å². The highest BCUT2D eigenvalue weighted by Crippen LogP contribution is 2.48. The molecule has 0 bridgehead atoms. The van der Waals surface area contributed by atoms with Crippen molar-refractivity contribution in [3.05, 3.63) is 56.7 Å². The largest absolute Gasteiger partial charge is 0.466 e. The van der Waals surface area contributed by atoms with Crippen molar-refractivity contribution in [2.24, 2.45) is 5.92 Å². The van der Waals surface area contributed by atoms with Crippen molar-refractivity contribution in [3.8, 4) is 0 Å². The van der Waals surface area contributed by atoms with E-state index in [1.54, 1.807) is 18.3 Å². The fourth-order valence-corrected chi connectivity index (χ4v) is 5.05. The van der Waals surface area contributed by atoms with Gasteiger partial charge in [-0.2, -0.15) is 0 Å². The number of carbonyl (C=O) groups is 2. The van der Waals surface area contributed by atoms with Crippen LogP contribution in [0, 0.1) is 5.92 Å². The Morgan fingerprint density at radius 3 is 2.63 bits per heavy atom. The van der Waals surface area contributed by atoms with Crippen molar-refractivity contribution in [2.45, 2.75) is 32.6 Å². The number of methoxy groups -OCH3 is 1. The van der Waals surface area contributed by atoms with E-state index in [0.29, 0.717) is 22.1 Å². The quantitative estimate of drug-likeness (QED) is 0.737. The molecule has 140 valence electrons. The summed E-state index contributed by atoms with van der Waals surface area (Å²) in [6.07, 6.45) is 2.07. The first-order chi connectivity index (χ1) is 12.9. The zero-order valence-electron chi connectivity index (χ0n) is 15.4. The van der Waals surface area contributed by atoms with Gasteiger partial charge in [0.15, 0.2) is 5.78 Å². The Labute approximate surface area is 166 Å². The van der Waals surface area contributed by atoms with Crippen LogP contribution in [0.3, 0.4) is 0 Å². The van der Waals surface area contributed by atoms with Crippen molar-refractivity contribution in [3.63, 3.8) is 0 Å². The molecule has 1 N–H and O–H groups in total. The van der Waals surface area contributed by atoms with E-state index in [0.717, 1.165) is 39.9 Å². The van der Waals surface area contributed by atoms with Crippen LogP contribution in [0.1, 0.15) is 38.2 Å². The molecule has 0 saturated heterocycles. The molecule has 0 spiro atoms. The molecule has 1 saturated carbocycles. The van der Waals surface area contributed by atoms with Gasteiger partial charge in [0.25, 0.3) is 0 Å². The maximum atomic E-state index is 12.8. The van der Waals surface area contributed by atoms with Gasteiger partial charge in [-0.3, -0.25) is 4.79 Å². The van der Waals surface area contributed by atoms with Crippen molar-refractivity contribution < 1.29 is 14.3 Å². The summed E-state index contributed by atoms with van der Waals surface area (Å²) in [4.78, 5) is 25.4. The molecule has 1 aromatic carbocycles. The molecule has 1 fully saturated rings. The molecule has 1 aliphatic heterocycles. The lowest BCUT2D eigenvalue weighted by atomic mass is 9.78. The third-order valence-corrected chi connectivity index (χ3v) is 6.46. The second-order valence-corrected chi connectivity index (χ2v) is 8.43. The Balaban J connectivity index is 2.00. The highest BCUT2D eigenvalue weighted by atomic mass is 35.5. The number of ether oxygens (including phenoxy) is 1. The smallest absolute Gasteiger partial charge is 0.336 e. The standard InChI is InChI=1S/C21H20ClNO3S/c1-10-17(11(2)24)18(15-9-27-16-7-6-13(22)8-14(15)16)19(21(25)26-3)20(23-10)12-4-5-12/h6-9,12,18,23H,4-5H2,1-3H3. The van der Waals surface area contributed by atoms with Gasteiger partial charge >= 0.3 is 5.97 Å². The van der Waals surface area contributed by atoms with E-state index in [-0.39, 0.29) is 11.8 Å². The zero-order chi connectivity index (χ0) is 19.3. The van der Waals surface area contributed by atoms with Crippen LogP contribution in [-0.2, 0) is 14.3 Å². The number of hydrogen-bond donors (Lipinski definition) is 1. The van der Waals surface area contributed by atoms with Gasteiger partial charge in [-0.1, -0.05) is 11.6 Å². The molecule has 4 nitrogen and oxygen atoms in total. The van der Waals surface area contributed by atoms with E-state index < -0.39 is 5.92 Å². The number of fused-ring (bicyclic) bond motifs is 1. The van der Waals surface area contributed by atoms with Crippen LogP contribution in [0.25, 0.3) is 10.1 Å². The van der Waals surface area contributed by atoms with E-state index in [4.69, 9.17) is 16.3 Å². The van der Waals surface area contributed by atoms with Crippen LogP contribution in [0.2, 0.25) is 5.02 Å². The number of thiophene rings is 1. The highest BCUT2D eigenvalue weighted by molar-refractivity contribution is 7.17. The van der Waals surface area contributed by atoms with E-state index in [1.165, 1.54) is 7.11 Å². The molecule has 0 amide bonds. The van der Waals surface area contributed by atoms with Gasteiger partial charge in [0.2, 0.25) is 0 Å². The third-order valence-electron chi connectivity index (χ3n) is 5.24. The Morgan fingerprint density at radius 1 is 1.26 bits per heavy atom. The first kappa shape index (κ1) is 18.3. The summed E-state index contributed by atoms with van der Waals surface area (Å²) < 4.78 is 6.21. The molecule has 2 heterocycles. The lowest BCUT2D eigenvalue weighted by Gasteiger charge is -2.31. The molecule has 27 heavy (non-hydrogen) atoms. The summed E-state index contributed by atoms with van der Waals surface area (Å²) in [5.74, 6) is -0.567. The number of hydrogen-bond acceptors (Lipinski definition) is 5. The Bertz CT molecular complexity index is 1030. The predicted octanol–water partition coefficient (Wildman–Crippen LogP) is 4.94. The number of dihydropyridines is 1. The topological polar surface area (TPSA) is 55.4 Å². The van der Waals surface area contributed by atoms with E-state index in [2.05, 4.69) is 5.32 Å².